The average molecular weight is 365 g/mol. The molecule has 1 fully saturated rings. The minimum Gasteiger partial charge on any atom is -0.352 e. The number of carbonyl (C=O) groups excluding carboxylic acids is 1. The first kappa shape index (κ1) is 17.7. The third-order valence-corrected chi connectivity index (χ3v) is 7.38. The normalized spacial score (nSPS) is 22.7. The molecule has 2 rings (SSSR count). The molecule has 1 aromatic rings. The summed E-state index contributed by atoms with van der Waals surface area (Å²) in [5.74, 6) is 0.349. The van der Waals surface area contributed by atoms with Gasteiger partial charge in [-0.15, -0.1) is 11.3 Å². The van der Waals surface area contributed by atoms with E-state index in [-0.39, 0.29) is 22.7 Å². The van der Waals surface area contributed by atoms with Crippen LogP contribution in [0.15, 0.2) is 16.3 Å². The molecule has 0 bridgehead atoms. The Morgan fingerprint density at radius 1 is 1.45 bits per heavy atom. The van der Waals surface area contributed by atoms with Gasteiger partial charge in [0.15, 0.2) is 0 Å². The van der Waals surface area contributed by atoms with Crippen LogP contribution >= 0.6 is 22.9 Å². The molecule has 1 aromatic heterocycles. The maximum atomic E-state index is 12.3. The molecule has 1 aliphatic carbocycles. The Morgan fingerprint density at radius 2 is 2.18 bits per heavy atom. The van der Waals surface area contributed by atoms with Crippen LogP contribution in [-0.4, -0.2) is 38.3 Å². The molecule has 2 unspecified atom stereocenters. The maximum absolute atomic E-state index is 12.3. The zero-order valence-electron chi connectivity index (χ0n) is 12.7. The molecule has 0 radical (unpaired) electrons. The first-order valence-corrected chi connectivity index (χ1v) is 9.93. The van der Waals surface area contributed by atoms with Crippen molar-refractivity contribution in [1.29, 1.82) is 0 Å². The predicted octanol–water partition coefficient (Wildman–Crippen LogP) is 2.72. The summed E-state index contributed by atoms with van der Waals surface area (Å²) < 4.78 is 26.3. The molecular formula is C14H21ClN2O3S2. The molecule has 1 N–H and O–H groups in total. The summed E-state index contributed by atoms with van der Waals surface area (Å²) in [4.78, 5) is 12.1. The van der Waals surface area contributed by atoms with Crippen LogP contribution in [0, 0.1) is 5.92 Å². The van der Waals surface area contributed by atoms with E-state index in [1.807, 2.05) is 0 Å². The number of amides is 1. The lowest BCUT2D eigenvalue weighted by Crippen LogP contribution is -2.44. The number of hydrogen-bond donors (Lipinski definition) is 1. The highest BCUT2D eigenvalue weighted by Gasteiger charge is 2.26. The Kier molecular flexibility index (Phi) is 5.87. The van der Waals surface area contributed by atoms with E-state index in [0.29, 0.717) is 10.3 Å². The summed E-state index contributed by atoms with van der Waals surface area (Å²) in [5, 5.41) is 2.94. The van der Waals surface area contributed by atoms with Crippen molar-refractivity contribution in [2.75, 3.05) is 13.6 Å². The van der Waals surface area contributed by atoms with E-state index in [4.69, 9.17) is 11.6 Å². The number of nitrogens with zero attached hydrogens (tertiary/aromatic N) is 1. The number of nitrogens with one attached hydrogen (secondary N) is 1. The molecule has 22 heavy (non-hydrogen) atoms. The van der Waals surface area contributed by atoms with Crippen molar-refractivity contribution in [3.63, 3.8) is 0 Å². The van der Waals surface area contributed by atoms with E-state index < -0.39 is 10.0 Å². The largest absolute Gasteiger partial charge is 0.352 e. The van der Waals surface area contributed by atoms with Gasteiger partial charge in [-0.25, -0.2) is 8.42 Å². The van der Waals surface area contributed by atoms with Crippen molar-refractivity contribution >= 4 is 38.9 Å². The van der Waals surface area contributed by atoms with Crippen LogP contribution in [0.1, 0.15) is 32.6 Å². The molecule has 0 spiro atoms. The van der Waals surface area contributed by atoms with Gasteiger partial charge in [0, 0.05) is 13.1 Å². The van der Waals surface area contributed by atoms with E-state index in [0.717, 1.165) is 34.9 Å². The van der Waals surface area contributed by atoms with Crippen LogP contribution in [0.25, 0.3) is 0 Å². The number of rotatable bonds is 5. The molecule has 1 heterocycles. The summed E-state index contributed by atoms with van der Waals surface area (Å²) in [6.07, 6.45) is 4.23. The second kappa shape index (κ2) is 7.29. The Bertz CT molecular complexity index is 630. The van der Waals surface area contributed by atoms with Crippen LogP contribution in [-0.2, 0) is 14.8 Å². The van der Waals surface area contributed by atoms with Crippen molar-refractivity contribution in [3.05, 3.63) is 16.5 Å². The quantitative estimate of drug-likeness (QED) is 0.873. The average Bonchev–Trinajstić information content (AvgIpc) is 2.85. The lowest BCUT2D eigenvalue weighted by molar-refractivity contribution is -0.122. The van der Waals surface area contributed by atoms with Crippen LogP contribution in [0.3, 0.4) is 0 Å². The molecule has 0 aromatic carbocycles. The molecule has 124 valence electrons. The highest BCUT2D eigenvalue weighted by molar-refractivity contribution is 7.91. The van der Waals surface area contributed by atoms with E-state index in [9.17, 15) is 13.2 Å². The standard InChI is InChI=1S/C14H21ClN2O3S2/c1-10-4-3-5-11(8-10)16-13(18)9-17(2)22(19,20)14-7-6-12(15)21-14/h6-7,10-11H,3-5,8-9H2,1-2H3,(H,16,18). The van der Waals surface area contributed by atoms with E-state index in [1.54, 1.807) is 0 Å². The molecule has 1 amide bonds. The van der Waals surface area contributed by atoms with Gasteiger partial charge in [-0.3, -0.25) is 4.79 Å². The summed E-state index contributed by atoms with van der Waals surface area (Å²) in [5.41, 5.74) is 0. The maximum Gasteiger partial charge on any atom is 0.252 e. The fourth-order valence-corrected chi connectivity index (χ4v) is 5.54. The summed E-state index contributed by atoms with van der Waals surface area (Å²) in [6, 6.07) is 3.15. The van der Waals surface area contributed by atoms with Gasteiger partial charge < -0.3 is 5.32 Å². The van der Waals surface area contributed by atoms with Crippen molar-refractivity contribution in [3.8, 4) is 0 Å². The van der Waals surface area contributed by atoms with Gasteiger partial charge in [0.05, 0.1) is 10.9 Å². The fourth-order valence-electron chi connectivity index (χ4n) is 2.72. The van der Waals surface area contributed by atoms with Crippen molar-refractivity contribution in [2.45, 2.75) is 42.9 Å². The van der Waals surface area contributed by atoms with E-state index in [1.165, 1.54) is 25.6 Å². The topological polar surface area (TPSA) is 66.5 Å². The fraction of sp³-hybridized carbons (Fsp3) is 0.643. The van der Waals surface area contributed by atoms with E-state index in [2.05, 4.69) is 12.2 Å². The number of likely N-dealkylation sites (N-methyl/N-ethyl adjacent to an activating group) is 1. The monoisotopic (exact) mass is 364 g/mol. The van der Waals surface area contributed by atoms with Gasteiger partial charge in [0.25, 0.3) is 10.0 Å². The first-order valence-electron chi connectivity index (χ1n) is 7.30. The Morgan fingerprint density at radius 3 is 2.77 bits per heavy atom. The lowest BCUT2D eigenvalue weighted by atomic mass is 9.87. The van der Waals surface area contributed by atoms with E-state index >= 15 is 0 Å². The number of sulfonamides is 1. The number of hydrogen-bond acceptors (Lipinski definition) is 4. The lowest BCUT2D eigenvalue weighted by Gasteiger charge is -2.28. The van der Waals surface area contributed by atoms with Crippen LogP contribution in [0.5, 0.6) is 0 Å². The van der Waals surface area contributed by atoms with Crippen molar-refractivity contribution in [2.24, 2.45) is 5.92 Å². The summed E-state index contributed by atoms with van der Waals surface area (Å²) in [7, 11) is -2.25. The molecular weight excluding hydrogens is 344 g/mol. The molecule has 5 nitrogen and oxygen atoms in total. The Balaban J connectivity index is 1.93. The number of carbonyl (C=O) groups is 1. The molecule has 2 atom stereocenters. The predicted molar refractivity (Wildman–Crippen MR) is 88.7 cm³/mol. The summed E-state index contributed by atoms with van der Waals surface area (Å²) >= 11 is 6.77. The molecule has 0 saturated heterocycles. The van der Waals surface area contributed by atoms with Gasteiger partial charge in [-0.1, -0.05) is 31.4 Å². The highest BCUT2D eigenvalue weighted by atomic mass is 35.5. The Labute approximate surface area is 140 Å². The van der Waals surface area contributed by atoms with Crippen molar-refractivity contribution in [1.82, 2.24) is 9.62 Å². The van der Waals surface area contributed by atoms with Gasteiger partial charge in [0.2, 0.25) is 5.91 Å². The zero-order valence-corrected chi connectivity index (χ0v) is 15.1. The highest BCUT2D eigenvalue weighted by Crippen LogP contribution is 2.27. The number of thiophene rings is 1. The van der Waals surface area contributed by atoms with Crippen molar-refractivity contribution < 1.29 is 13.2 Å². The molecule has 0 aliphatic heterocycles. The molecule has 1 aliphatic rings. The third-order valence-electron chi connectivity index (χ3n) is 3.88. The second-order valence-electron chi connectivity index (χ2n) is 5.86. The smallest absolute Gasteiger partial charge is 0.252 e. The minimum atomic E-state index is -3.66. The first-order chi connectivity index (χ1) is 10.3. The summed E-state index contributed by atoms with van der Waals surface area (Å²) in [6.45, 7) is 2.00. The Hall–Kier alpha value is -0.630. The molecule has 1 saturated carbocycles. The van der Waals surface area contributed by atoms with Gasteiger partial charge in [0.1, 0.15) is 4.21 Å². The minimum absolute atomic E-state index is 0.152. The van der Waals surface area contributed by atoms with Gasteiger partial charge in [-0.05, 0) is 30.9 Å². The van der Waals surface area contributed by atoms with Crippen LogP contribution in [0.2, 0.25) is 4.34 Å². The SMILES string of the molecule is CC1CCCC(NC(=O)CN(C)S(=O)(=O)c2ccc(Cl)s2)C1. The second-order valence-corrected chi connectivity index (χ2v) is 9.84. The molecule has 8 heteroatoms. The third kappa shape index (κ3) is 4.44. The zero-order chi connectivity index (χ0) is 16.3. The van der Waals surface area contributed by atoms with Gasteiger partial charge in [-0.2, -0.15) is 4.31 Å². The van der Waals surface area contributed by atoms with Crippen LogP contribution in [0.4, 0.5) is 0 Å². The number of halogens is 1. The van der Waals surface area contributed by atoms with Gasteiger partial charge >= 0.3 is 0 Å². The van der Waals surface area contributed by atoms with Crippen LogP contribution < -0.4 is 5.32 Å².